The van der Waals surface area contributed by atoms with Gasteiger partial charge < -0.3 is 4.74 Å². The highest BCUT2D eigenvalue weighted by Crippen LogP contribution is 2.39. The summed E-state index contributed by atoms with van der Waals surface area (Å²) in [5.74, 6) is 1.26. The van der Waals surface area contributed by atoms with Gasteiger partial charge in [0, 0.05) is 17.8 Å². The Morgan fingerprint density at radius 3 is 2.69 bits per heavy atom. The SMILES string of the molecule is COC1CCSC1=C1CCCCC1. The summed E-state index contributed by atoms with van der Waals surface area (Å²) in [4.78, 5) is 1.59. The molecule has 74 valence electrons. The zero-order valence-electron chi connectivity index (χ0n) is 8.34. The van der Waals surface area contributed by atoms with E-state index in [0.717, 1.165) is 0 Å². The first-order valence-corrected chi connectivity index (χ1v) is 6.28. The maximum Gasteiger partial charge on any atom is 0.0886 e. The van der Waals surface area contributed by atoms with Gasteiger partial charge in [0.2, 0.25) is 0 Å². The number of allylic oxidation sites excluding steroid dienone is 1. The molecule has 2 rings (SSSR count). The van der Waals surface area contributed by atoms with Crippen molar-refractivity contribution in [3.63, 3.8) is 0 Å². The summed E-state index contributed by atoms with van der Waals surface area (Å²) in [6.07, 6.45) is 8.56. The lowest BCUT2D eigenvalue weighted by atomic mass is 9.93. The normalized spacial score (nSPS) is 29.8. The van der Waals surface area contributed by atoms with Gasteiger partial charge in [-0.05, 0) is 32.1 Å². The van der Waals surface area contributed by atoms with Crippen LogP contribution in [0.1, 0.15) is 38.5 Å². The Morgan fingerprint density at radius 2 is 2.00 bits per heavy atom. The minimum atomic E-state index is 0.443. The van der Waals surface area contributed by atoms with E-state index in [4.69, 9.17) is 4.74 Å². The number of ether oxygens (including phenoxy) is 1. The molecule has 1 heterocycles. The summed E-state index contributed by atoms with van der Waals surface area (Å²) >= 11 is 2.04. The molecule has 1 saturated carbocycles. The van der Waals surface area contributed by atoms with E-state index in [-0.39, 0.29) is 0 Å². The van der Waals surface area contributed by atoms with Crippen LogP contribution in [0.3, 0.4) is 0 Å². The second-order valence-corrected chi connectivity index (χ2v) is 5.03. The minimum absolute atomic E-state index is 0.443. The molecule has 13 heavy (non-hydrogen) atoms. The fourth-order valence-electron chi connectivity index (χ4n) is 2.28. The van der Waals surface area contributed by atoms with Gasteiger partial charge in [-0.15, -0.1) is 11.8 Å². The summed E-state index contributed by atoms with van der Waals surface area (Å²) in [5, 5.41) is 0. The number of thioether (sulfide) groups is 1. The molecule has 0 aromatic heterocycles. The highest BCUT2D eigenvalue weighted by molar-refractivity contribution is 8.03. The van der Waals surface area contributed by atoms with Crippen LogP contribution in [0.2, 0.25) is 0 Å². The Bertz CT molecular complexity index is 202. The van der Waals surface area contributed by atoms with E-state index in [1.807, 2.05) is 18.9 Å². The summed E-state index contributed by atoms with van der Waals surface area (Å²) in [5.41, 5.74) is 1.71. The Hall–Kier alpha value is 0.0500. The van der Waals surface area contributed by atoms with Crippen molar-refractivity contribution in [2.75, 3.05) is 12.9 Å². The molecular weight excluding hydrogens is 180 g/mol. The Morgan fingerprint density at radius 1 is 1.23 bits per heavy atom. The second-order valence-electron chi connectivity index (χ2n) is 3.89. The van der Waals surface area contributed by atoms with Crippen LogP contribution in [-0.4, -0.2) is 19.0 Å². The van der Waals surface area contributed by atoms with Crippen LogP contribution >= 0.6 is 11.8 Å². The molecule has 0 aromatic rings. The lowest BCUT2D eigenvalue weighted by Crippen LogP contribution is -2.09. The lowest BCUT2D eigenvalue weighted by molar-refractivity contribution is 0.138. The van der Waals surface area contributed by atoms with Gasteiger partial charge in [0.15, 0.2) is 0 Å². The molecule has 2 aliphatic rings. The predicted octanol–water partition coefficient (Wildman–Crippen LogP) is 3.36. The van der Waals surface area contributed by atoms with Gasteiger partial charge >= 0.3 is 0 Å². The maximum absolute atomic E-state index is 5.50. The smallest absolute Gasteiger partial charge is 0.0886 e. The molecule has 2 fully saturated rings. The predicted molar refractivity (Wildman–Crippen MR) is 58.0 cm³/mol. The summed E-state index contributed by atoms with van der Waals surface area (Å²) < 4.78 is 5.50. The molecule has 0 spiro atoms. The quantitative estimate of drug-likeness (QED) is 0.639. The fourth-order valence-corrected chi connectivity index (χ4v) is 3.64. The largest absolute Gasteiger partial charge is 0.376 e. The summed E-state index contributed by atoms with van der Waals surface area (Å²) in [6.45, 7) is 0. The summed E-state index contributed by atoms with van der Waals surface area (Å²) in [7, 11) is 1.85. The number of hydrogen-bond donors (Lipinski definition) is 0. The van der Waals surface area contributed by atoms with Crippen molar-refractivity contribution in [1.29, 1.82) is 0 Å². The van der Waals surface area contributed by atoms with Crippen molar-refractivity contribution < 1.29 is 4.74 Å². The van der Waals surface area contributed by atoms with Crippen molar-refractivity contribution in [2.45, 2.75) is 44.6 Å². The highest BCUT2D eigenvalue weighted by atomic mass is 32.2. The van der Waals surface area contributed by atoms with Gasteiger partial charge in [0.05, 0.1) is 6.10 Å². The topological polar surface area (TPSA) is 9.23 Å². The van der Waals surface area contributed by atoms with E-state index >= 15 is 0 Å². The van der Waals surface area contributed by atoms with Crippen LogP contribution in [-0.2, 0) is 4.74 Å². The Labute approximate surface area is 84.9 Å². The van der Waals surface area contributed by atoms with E-state index < -0.39 is 0 Å². The number of rotatable bonds is 1. The average Bonchev–Trinajstić information content (AvgIpc) is 2.67. The minimum Gasteiger partial charge on any atom is -0.376 e. The van der Waals surface area contributed by atoms with Gasteiger partial charge in [-0.1, -0.05) is 12.0 Å². The van der Waals surface area contributed by atoms with Crippen LogP contribution in [0.5, 0.6) is 0 Å². The zero-order chi connectivity index (χ0) is 9.10. The van der Waals surface area contributed by atoms with Crippen LogP contribution < -0.4 is 0 Å². The van der Waals surface area contributed by atoms with E-state index in [9.17, 15) is 0 Å². The van der Waals surface area contributed by atoms with E-state index in [2.05, 4.69) is 0 Å². The second kappa shape index (κ2) is 4.52. The van der Waals surface area contributed by atoms with Crippen molar-refractivity contribution in [3.05, 3.63) is 10.5 Å². The van der Waals surface area contributed by atoms with Gasteiger partial charge in [-0.25, -0.2) is 0 Å². The lowest BCUT2D eigenvalue weighted by Gasteiger charge is -2.19. The molecule has 0 radical (unpaired) electrons. The first-order chi connectivity index (χ1) is 6.42. The molecule has 1 nitrogen and oxygen atoms in total. The zero-order valence-corrected chi connectivity index (χ0v) is 9.16. The van der Waals surface area contributed by atoms with E-state index in [0.29, 0.717) is 6.10 Å². The van der Waals surface area contributed by atoms with Crippen molar-refractivity contribution in [1.82, 2.24) is 0 Å². The molecule has 0 amide bonds. The Kier molecular flexibility index (Phi) is 3.33. The van der Waals surface area contributed by atoms with Crippen LogP contribution in [0.4, 0.5) is 0 Å². The average molecular weight is 198 g/mol. The Balaban J connectivity index is 2.10. The molecule has 1 aliphatic heterocycles. The molecule has 2 heteroatoms. The first kappa shape index (κ1) is 9.60. The third-order valence-corrected chi connectivity index (χ3v) is 4.32. The van der Waals surface area contributed by atoms with E-state index in [1.54, 1.807) is 10.5 Å². The van der Waals surface area contributed by atoms with Crippen LogP contribution in [0, 0.1) is 0 Å². The van der Waals surface area contributed by atoms with Gasteiger partial charge in [-0.3, -0.25) is 0 Å². The molecule has 1 saturated heterocycles. The van der Waals surface area contributed by atoms with E-state index in [1.165, 1.54) is 44.3 Å². The van der Waals surface area contributed by atoms with Gasteiger partial charge in [0.25, 0.3) is 0 Å². The summed E-state index contributed by atoms with van der Waals surface area (Å²) in [6, 6.07) is 0. The fraction of sp³-hybridized carbons (Fsp3) is 0.818. The van der Waals surface area contributed by atoms with Crippen molar-refractivity contribution >= 4 is 11.8 Å². The molecule has 0 N–H and O–H groups in total. The molecule has 0 aromatic carbocycles. The molecule has 1 aliphatic carbocycles. The number of hydrogen-bond acceptors (Lipinski definition) is 2. The molecule has 1 unspecified atom stereocenters. The monoisotopic (exact) mass is 198 g/mol. The molecular formula is C11H18OS. The maximum atomic E-state index is 5.50. The first-order valence-electron chi connectivity index (χ1n) is 5.29. The molecule has 1 atom stereocenters. The third-order valence-electron chi connectivity index (χ3n) is 3.02. The highest BCUT2D eigenvalue weighted by Gasteiger charge is 2.25. The standard InChI is InChI=1S/C11H18OS/c1-12-10-7-8-13-11(10)9-5-3-2-4-6-9/h10H,2-8H2,1H3. The van der Waals surface area contributed by atoms with Crippen molar-refractivity contribution in [3.8, 4) is 0 Å². The number of methoxy groups -OCH3 is 1. The van der Waals surface area contributed by atoms with Gasteiger partial charge in [0.1, 0.15) is 0 Å². The molecule has 0 bridgehead atoms. The van der Waals surface area contributed by atoms with Crippen LogP contribution in [0.15, 0.2) is 10.5 Å². The van der Waals surface area contributed by atoms with Crippen molar-refractivity contribution in [2.24, 2.45) is 0 Å². The van der Waals surface area contributed by atoms with Crippen LogP contribution in [0.25, 0.3) is 0 Å². The third kappa shape index (κ3) is 2.10. The van der Waals surface area contributed by atoms with Gasteiger partial charge in [-0.2, -0.15) is 0 Å².